The van der Waals surface area contributed by atoms with Crippen molar-refractivity contribution in [1.82, 2.24) is 4.98 Å². The highest BCUT2D eigenvalue weighted by Gasteiger charge is 2.07. The molecular formula is C15H14BrClN2O. The van der Waals surface area contributed by atoms with Crippen molar-refractivity contribution in [2.75, 3.05) is 5.32 Å². The number of pyridine rings is 1. The maximum Gasteiger partial charge on any atom is 0.224 e. The zero-order valence-electron chi connectivity index (χ0n) is 11.0. The molecule has 1 amide bonds. The van der Waals surface area contributed by atoms with Crippen LogP contribution in [-0.2, 0) is 11.2 Å². The van der Waals surface area contributed by atoms with E-state index in [4.69, 9.17) is 11.6 Å². The molecule has 0 bridgehead atoms. The number of carbonyl (C=O) groups is 1. The van der Waals surface area contributed by atoms with E-state index in [0.717, 1.165) is 10.0 Å². The van der Waals surface area contributed by atoms with Gasteiger partial charge in [0.2, 0.25) is 5.91 Å². The molecule has 0 saturated carbocycles. The van der Waals surface area contributed by atoms with E-state index in [9.17, 15) is 4.79 Å². The Kier molecular flexibility index (Phi) is 5.15. The molecule has 1 heterocycles. The maximum atomic E-state index is 11.9. The van der Waals surface area contributed by atoms with Crippen molar-refractivity contribution in [3.8, 4) is 0 Å². The van der Waals surface area contributed by atoms with Crippen LogP contribution in [0.25, 0.3) is 0 Å². The van der Waals surface area contributed by atoms with Crippen molar-refractivity contribution in [3.05, 3.63) is 57.3 Å². The van der Waals surface area contributed by atoms with Crippen molar-refractivity contribution in [3.63, 3.8) is 0 Å². The van der Waals surface area contributed by atoms with Crippen molar-refractivity contribution < 1.29 is 4.79 Å². The monoisotopic (exact) mass is 352 g/mol. The molecule has 0 atom stereocenters. The third-order valence-corrected chi connectivity index (χ3v) is 3.58. The predicted octanol–water partition coefficient (Wildman–Crippen LogP) is 4.38. The van der Waals surface area contributed by atoms with E-state index >= 15 is 0 Å². The van der Waals surface area contributed by atoms with Gasteiger partial charge in [-0.25, -0.2) is 4.98 Å². The van der Waals surface area contributed by atoms with Crippen LogP contribution < -0.4 is 5.32 Å². The lowest BCUT2D eigenvalue weighted by atomic mass is 10.1. The number of hydrogen-bond donors (Lipinski definition) is 1. The number of benzene rings is 1. The molecule has 1 aromatic carbocycles. The molecule has 2 rings (SSSR count). The van der Waals surface area contributed by atoms with Crippen molar-refractivity contribution in [2.45, 2.75) is 19.8 Å². The smallest absolute Gasteiger partial charge is 0.224 e. The van der Waals surface area contributed by atoms with Gasteiger partial charge in [-0.3, -0.25) is 4.79 Å². The number of hydrogen-bond acceptors (Lipinski definition) is 2. The largest absolute Gasteiger partial charge is 0.323 e. The van der Waals surface area contributed by atoms with E-state index in [2.05, 4.69) is 26.2 Å². The second-order valence-corrected chi connectivity index (χ2v) is 5.80. The average Bonchev–Trinajstić information content (AvgIpc) is 2.42. The SMILES string of the molecule is Cc1ccc(CCC(=O)Nc2cc(Br)cnc2Cl)cc1. The lowest BCUT2D eigenvalue weighted by molar-refractivity contribution is -0.116. The first-order chi connectivity index (χ1) is 9.54. The third-order valence-electron chi connectivity index (χ3n) is 2.84. The van der Waals surface area contributed by atoms with Crippen LogP contribution in [0.5, 0.6) is 0 Å². The first-order valence-electron chi connectivity index (χ1n) is 6.21. The normalized spacial score (nSPS) is 10.3. The Labute approximate surface area is 131 Å². The molecule has 20 heavy (non-hydrogen) atoms. The Morgan fingerprint density at radius 3 is 2.75 bits per heavy atom. The Morgan fingerprint density at radius 1 is 1.35 bits per heavy atom. The molecular weight excluding hydrogens is 340 g/mol. The Balaban J connectivity index is 1.92. The fourth-order valence-corrected chi connectivity index (χ4v) is 2.22. The highest BCUT2D eigenvalue weighted by molar-refractivity contribution is 9.10. The topological polar surface area (TPSA) is 42.0 Å². The highest BCUT2D eigenvalue weighted by atomic mass is 79.9. The van der Waals surface area contributed by atoms with Crippen LogP contribution in [0.2, 0.25) is 5.15 Å². The van der Waals surface area contributed by atoms with Gasteiger partial charge in [0.15, 0.2) is 5.15 Å². The minimum Gasteiger partial charge on any atom is -0.323 e. The van der Waals surface area contributed by atoms with Gasteiger partial charge in [-0.1, -0.05) is 41.4 Å². The van der Waals surface area contributed by atoms with Crippen LogP contribution >= 0.6 is 27.5 Å². The molecule has 0 saturated heterocycles. The third kappa shape index (κ3) is 4.32. The summed E-state index contributed by atoms with van der Waals surface area (Å²) in [6.45, 7) is 2.04. The molecule has 0 unspecified atom stereocenters. The van der Waals surface area contributed by atoms with Gasteiger partial charge < -0.3 is 5.32 Å². The number of rotatable bonds is 4. The lowest BCUT2D eigenvalue weighted by Crippen LogP contribution is -2.13. The summed E-state index contributed by atoms with van der Waals surface area (Å²) in [6.07, 6.45) is 2.70. The Morgan fingerprint density at radius 2 is 2.05 bits per heavy atom. The molecule has 0 radical (unpaired) electrons. The summed E-state index contributed by atoms with van der Waals surface area (Å²) < 4.78 is 0.774. The molecule has 2 aromatic rings. The van der Waals surface area contributed by atoms with Crippen LogP contribution in [0.3, 0.4) is 0 Å². The number of nitrogens with zero attached hydrogens (tertiary/aromatic N) is 1. The van der Waals surface area contributed by atoms with Gasteiger partial charge in [0, 0.05) is 17.1 Å². The standard InChI is InChI=1S/C15H14BrClN2O/c1-10-2-4-11(5-3-10)6-7-14(20)19-13-8-12(16)9-18-15(13)17/h2-5,8-9H,6-7H2,1H3,(H,19,20). The van der Waals surface area contributed by atoms with Crippen LogP contribution in [0.1, 0.15) is 17.5 Å². The summed E-state index contributed by atoms with van der Waals surface area (Å²) in [4.78, 5) is 15.9. The summed E-state index contributed by atoms with van der Waals surface area (Å²) in [5.41, 5.74) is 2.88. The number of halogens is 2. The van der Waals surface area contributed by atoms with E-state index in [1.807, 2.05) is 31.2 Å². The Bertz CT molecular complexity index is 614. The first-order valence-corrected chi connectivity index (χ1v) is 7.38. The van der Waals surface area contributed by atoms with E-state index in [-0.39, 0.29) is 11.1 Å². The highest BCUT2D eigenvalue weighted by Crippen LogP contribution is 2.23. The number of amides is 1. The zero-order valence-corrected chi connectivity index (χ0v) is 13.3. The van der Waals surface area contributed by atoms with Crippen LogP contribution in [0.4, 0.5) is 5.69 Å². The quantitative estimate of drug-likeness (QED) is 0.829. The fourth-order valence-electron chi connectivity index (χ4n) is 1.74. The second-order valence-electron chi connectivity index (χ2n) is 4.53. The van der Waals surface area contributed by atoms with Gasteiger partial charge in [-0.05, 0) is 40.9 Å². The molecule has 0 fully saturated rings. The van der Waals surface area contributed by atoms with Crippen LogP contribution in [0.15, 0.2) is 41.0 Å². The number of nitrogens with one attached hydrogen (secondary N) is 1. The van der Waals surface area contributed by atoms with Gasteiger partial charge in [-0.15, -0.1) is 0 Å². The molecule has 1 aromatic heterocycles. The fraction of sp³-hybridized carbons (Fsp3) is 0.200. The molecule has 1 N–H and O–H groups in total. The van der Waals surface area contributed by atoms with Gasteiger partial charge in [-0.2, -0.15) is 0 Å². The van der Waals surface area contributed by atoms with E-state index < -0.39 is 0 Å². The van der Waals surface area contributed by atoms with Crippen molar-refractivity contribution in [1.29, 1.82) is 0 Å². The zero-order chi connectivity index (χ0) is 14.5. The molecule has 104 valence electrons. The minimum atomic E-state index is -0.0765. The molecule has 0 spiro atoms. The molecule has 3 nitrogen and oxygen atoms in total. The van der Waals surface area contributed by atoms with Crippen molar-refractivity contribution >= 4 is 39.1 Å². The summed E-state index contributed by atoms with van der Waals surface area (Å²) in [6, 6.07) is 9.90. The Hall–Kier alpha value is -1.39. The van der Waals surface area contributed by atoms with E-state index in [0.29, 0.717) is 18.5 Å². The van der Waals surface area contributed by atoms with Gasteiger partial charge in [0.1, 0.15) is 0 Å². The van der Waals surface area contributed by atoms with Crippen LogP contribution in [-0.4, -0.2) is 10.9 Å². The van der Waals surface area contributed by atoms with Gasteiger partial charge in [0.25, 0.3) is 0 Å². The van der Waals surface area contributed by atoms with E-state index in [1.165, 1.54) is 5.56 Å². The number of anilines is 1. The average molecular weight is 354 g/mol. The lowest BCUT2D eigenvalue weighted by Gasteiger charge is -2.07. The van der Waals surface area contributed by atoms with Gasteiger partial charge >= 0.3 is 0 Å². The minimum absolute atomic E-state index is 0.0765. The number of aryl methyl sites for hydroxylation is 2. The molecule has 5 heteroatoms. The van der Waals surface area contributed by atoms with E-state index in [1.54, 1.807) is 12.3 Å². The summed E-state index contributed by atoms with van der Waals surface area (Å²) >= 11 is 9.22. The maximum absolute atomic E-state index is 11.9. The summed E-state index contributed by atoms with van der Waals surface area (Å²) in [5, 5.41) is 3.06. The van der Waals surface area contributed by atoms with Crippen molar-refractivity contribution in [2.24, 2.45) is 0 Å². The predicted molar refractivity (Wildman–Crippen MR) is 85.1 cm³/mol. The number of aromatic nitrogens is 1. The molecule has 0 aliphatic rings. The van der Waals surface area contributed by atoms with Gasteiger partial charge in [0.05, 0.1) is 5.69 Å². The summed E-state index contributed by atoms with van der Waals surface area (Å²) in [7, 11) is 0. The number of carbonyl (C=O) groups excluding carboxylic acids is 1. The van der Waals surface area contributed by atoms with Crippen LogP contribution in [0, 0.1) is 6.92 Å². The first kappa shape index (κ1) is 15.0. The molecule has 0 aliphatic heterocycles. The second kappa shape index (κ2) is 6.86. The molecule has 0 aliphatic carbocycles. The summed E-state index contributed by atoms with van der Waals surface area (Å²) in [5.74, 6) is -0.0765.